The van der Waals surface area contributed by atoms with Crippen LogP contribution in [0.2, 0.25) is 0 Å². The second-order valence-electron chi connectivity index (χ2n) is 13.9. The molecule has 0 bridgehead atoms. The molecular formula is C30H52AcBO3S. The van der Waals surface area contributed by atoms with E-state index in [0.29, 0.717) is 29.6 Å². The van der Waals surface area contributed by atoms with Crippen molar-refractivity contribution in [3.8, 4) is 0 Å². The summed E-state index contributed by atoms with van der Waals surface area (Å²) in [5.41, 5.74) is 1.56. The van der Waals surface area contributed by atoms with E-state index >= 15 is 0 Å². The quantitative estimate of drug-likeness (QED) is 0.163. The molecule has 0 aliphatic heterocycles. The summed E-state index contributed by atoms with van der Waals surface area (Å²) >= 11 is 1.16. The maximum atomic E-state index is 12.0. The van der Waals surface area contributed by atoms with Gasteiger partial charge >= 0.3 is 0 Å². The second-order valence-corrected chi connectivity index (χ2v) is 14.3. The van der Waals surface area contributed by atoms with Gasteiger partial charge in [0.2, 0.25) is 7.09 Å². The van der Waals surface area contributed by atoms with Crippen molar-refractivity contribution >= 4 is 19.0 Å². The van der Waals surface area contributed by atoms with Gasteiger partial charge in [-0.25, -0.2) is 0 Å². The third-order valence-corrected chi connectivity index (χ3v) is 12.6. The maximum absolute atomic E-state index is 12.0. The van der Waals surface area contributed by atoms with Gasteiger partial charge in [0.15, 0.2) is 0 Å². The second kappa shape index (κ2) is 12.1. The number of aliphatic hydroxyl groups excluding tert-OH is 2. The van der Waals surface area contributed by atoms with Gasteiger partial charge in [-0.15, -0.1) is 0 Å². The van der Waals surface area contributed by atoms with Crippen LogP contribution in [-0.4, -0.2) is 36.9 Å². The van der Waals surface area contributed by atoms with E-state index in [4.69, 9.17) is 5.52 Å². The molecule has 0 aromatic rings. The fourth-order valence-electron chi connectivity index (χ4n) is 10.6. The molecule has 36 heavy (non-hydrogen) atoms. The summed E-state index contributed by atoms with van der Waals surface area (Å²) in [6.07, 6.45) is 11.4. The standard InChI is InChI=1S/C30H52BO3S.Ac/c1-8-20(11-9-10-18(2)3)26-22-16-23(32)27-28(5)14-13-25(34-35-31)19(4)21(28)12-15-29(27,6)30(22,7)17-24(26)33;/h10,19-27,31-33H,8-9,11-17H2,1-7H3;/t19?,20-,21?,22?,23?,24-,25+,26?,27?,28-,29?,30-;/m0./s1/i31T;. The van der Waals surface area contributed by atoms with Crippen molar-refractivity contribution in [2.24, 2.45) is 51.8 Å². The summed E-state index contributed by atoms with van der Waals surface area (Å²) in [5, 5.41) is 23.6. The summed E-state index contributed by atoms with van der Waals surface area (Å²) in [7, 11) is 1.29. The van der Waals surface area contributed by atoms with Crippen molar-refractivity contribution in [2.75, 3.05) is 0 Å². The molecule has 2 radical (unpaired) electrons. The third kappa shape index (κ3) is 5.15. The van der Waals surface area contributed by atoms with Gasteiger partial charge in [0.25, 0.3) is 0 Å². The Morgan fingerprint density at radius 3 is 2.50 bits per heavy atom. The molecule has 4 aliphatic carbocycles. The van der Waals surface area contributed by atoms with Gasteiger partial charge < -0.3 is 14.4 Å². The molecule has 6 heteroatoms. The fourth-order valence-corrected chi connectivity index (χ4v) is 11.0. The van der Waals surface area contributed by atoms with Crippen molar-refractivity contribution in [1.82, 2.24) is 0 Å². The smallest absolute Gasteiger partial charge is 0.209 e. The van der Waals surface area contributed by atoms with Crippen molar-refractivity contribution in [3.05, 3.63) is 11.6 Å². The van der Waals surface area contributed by atoms with Crippen molar-refractivity contribution in [1.29, 1.82) is 1.34 Å². The number of allylic oxidation sites excluding steroid dienone is 2. The minimum absolute atomic E-state index is 0. The van der Waals surface area contributed by atoms with Gasteiger partial charge in [0.05, 0.1) is 18.3 Å². The molecule has 0 aromatic carbocycles. The summed E-state index contributed by atoms with van der Waals surface area (Å²) in [5.74, 6) is 2.43. The van der Waals surface area contributed by atoms with E-state index in [1.54, 1.807) is 0 Å². The van der Waals surface area contributed by atoms with Crippen LogP contribution in [0.25, 0.3) is 0 Å². The summed E-state index contributed by atoms with van der Waals surface area (Å²) in [4.78, 5) is 0. The van der Waals surface area contributed by atoms with Crippen LogP contribution in [0.5, 0.6) is 0 Å². The largest absolute Gasteiger partial charge is 0.393 e. The molecule has 4 rings (SSSR count). The molecule has 2 N–H and O–H groups in total. The first-order chi connectivity index (χ1) is 16.9. The predicted molar refractivity (Wildman–Crippen MR) is 149 cm³/mol. The van der Waals surface area contributed by atoms with Crippen LogP contribution in [0, 0.1) is 95.8 Å². The normalized spacial score (nSPS) is 49.0. The molecule has 0 heterocycles. The Labute approximate surface area is 264 Å². The Kier molecular flexibility index (Phi) is 10.3. The minimum Gasteiger partial charge on any atom is -0.393 e. The first-order valence-corrected chi connectivity index (χ1v) is 15.3. The maximum Gasteiger partial charge on any atom is 0.209 e. The van der Waals surface area contributed by atoms with Crippen LogP contribution in [0.4, 0.5) is 0 Å². The summed E-state index contributed by atoms with van der Waals surface area (Å²) in [6.45, 7) is 16.4. The van der Waals surface area contributed by atoms with Gasteiger partial charge in [0.1, 0.15) is 0 Å². The molecule has 0 aromatic heterocycles. The first-order valence-electron chi connectivity index (χ1n) is 15.0. The van der Waals surface area contributed by atoms with Crippen LogP contribution in [-0.2, 0) is 4.18 Å². The molecule has 3 nitrogen and oxygen atoms in total. The van der Waals surface area contributed by atoms with Crippen LogP contribution in [0.3, 0.4) is 0 Å². The zero-order valence-electron chi connectivity index (χ0n) is 25.0. The van der Waals surface area contributed by atoms with Crippen LogP contribution in [0.1, 0.15) is 106 Å². The molecule has 4 aliphatic rings. The number of hydrogen-bond acceptors (Lipinski definition) is 4. The van der Waals surface area contributed by atoms with Crippen LogP contribution in [0.15, 0.2) is 11.6 Å². The summed E-state index contributed by atoms with van der Waals surface area (Å²) < 4.78 is 13.4. The third-order valence-electron chi connectivity index (χ3n) is 12.3. The summed E-state index contributed by atoms with van der Waals surface area (Å²) in [6, 6.07) is 0. The minimum atomic E-state index is -0.301. The van der Waals surface area contributed by atoms with Gasteiger partial charge in [-0.1, -0.05) is 64.6 Å². The van der Waals surface area contributed by atoms with E-state index in [1.165, 1.54) is 19.1 Å². The number of hydrogen-bond donors (Lipinski definition) is 2. The molecule has 12 atom stereocenters. The molecule has 7 unspecified atom stereocenters. The van der Waals surface area contributed by atoms with Crippen molar-refractivity contribution in [2.45, 2.75) is 125 Å². The van der Waals surface area contributed by atoms with E-state index in [9.17, 15) is 10.2 Å². The Morgan fingerprint density at radius 1 is 1.14 bits per heavy atom. The molecular weight excluding hydrogens is 678 g/mol. The van der Waals surface area contributed by atoms with E-state index in [0.717, 1.165) is 63.3 Å². The zero-order valence-corrected chi connectivity index (χ0v) is 29.6. The van der Waals surface area contributed by atoms with Crippen LogP contribution < -0.4 is 0 Å². The fraction of sp³-hybridized carbons (Fsp3) is 0.933. The van der Waals surface area contributed by atoms with E-state index < -0.39 is 0 Å². The molecule has 0 saturated heterocycles. The Bertz CT molecular complexity index is 814. The van der Waals surface area contributed by atoms with Gasteiger partial charge in [-0.3, -0.25) is 0 Å². The predicted octanol–water partition coefficient (Wildman–Crippen LogP) is 6.84. The molecule has 4 fully saturated rings. The monoisotopic (exact) mass is 732 g/mol. The van der Waals surface area contributed by atoms with Crippen molar-refractivity contribution < 1.29 is 58.5 Å². The molecule has 202 valence electrons. The Morgan fingerprint density at radius 2 is 1.86 bits per heavy atom. The number of aliphatic hydroxyl groups is 2. The number of fused-ring (bicyclic) bond motifs is 5. The first kappa shape index (κ1) is 30.4. The molecule has 4 saturated carbocycles. The van der Waals surface area contributed by atoms with Gasteiger partial charge in [-0.05, 0) is 118 Å². The Balaban J connectivity index is 0.00000380. The van der Waals surface area contributed by atoms with E-state index in [2.05, 4.69) is 54.5 Å². The van der Waals surface area contributed by atoms with Gasteiger partial charge in [-0.2, -0.15) is 0 Å². The van der Waals surface area contributed by atoms with Crippen LogP contribution >= 0.6 is 11.9 Å². The SMILES string of the molecule is [3H][B]SO[C@@H]1CC[C@@]2(C)C(CCC3(C)C2C(O)CC2C([C@@H](CC)CCC=C(C)C)[C@@H](O)C[C@@]23C)C1C.[Ac]. The Hall–Kier alpha value is 1.48. The average molecular weight is 733 g/mol. The zero-order chi connectivity index (χ0) is 26.5. The van der Waals surface area contributed by atoms with Gasteiger partial charge in [0, 0.05) is 44.1 Å². The average Bonchev–Trinajstić information content (AvgIpc) is 3.06. The molecule has 0 spiro atoms. The van der Waals surface area contributed by atoms with E-state index in [-0.39, 0.29) is 84.5 Å². The topological polar surface area (TPSA) is 49.7 Å². The van der Waals surface area contributed by atoms with E-state index in [1.807, 2.05) is 0 Å². The number of rotatable bonds is 8. The molecule has 0 amide bonds. The van der Waals surface area contributed by atoms with Crippen molar-refractivity contribution in [3.63, 3.8) is 0 Å².